The van der Waals surface area contributed by atoms with Crippen LogP contribution in [0, 0.1) is 12.3 Å². The van der Waals surface area contributed by atoms with E-state index in [1.54, 1.807) is 22.7 Å². The van der Waals surface area contributed by atoms with Gasteiger partial charge in [0.05, 0.1) is 5.41 Å². The molecule has 2 fully saturated rings. The molecule has 0 aliphatic carbocycles. The van der Waals surface area contributed by atoms with E-state index in [0.29, 0.717) is 19.6 Å². The van der Waals surface area contributed by atoms with E-state index in [1.165, 1.54) is 0 Å². The first-order chi connectivity index (χ1) is 16.4. The molecule has 34 heavy (non-hydrogen) atoms. The number of amides is 1. The van der Waals surface area contributed by atoms with Crippen LogP contribution in [0.3, 0.4) is 0 Å². The van der Waals surface area contributed by atoms with E-state index >= 15 is 0 Å². The molecular weight excluding hydrogens is 462 g/mol. The van der Waals surface area contributed by atoms with Crippen molar-refractivity contribution < 1.29 is 9.59 Å². The molecule has 1 N–H and O–H groups in total. The van der Waals surface area contributed by atoms with E-state index in [9.17, 15) is 9.59 Å². The van der Waals surface area contributed by atoms with Crippen LogP contribution in [0.5, 0.6) is 0 Å². The molecule has 2 saturated heterocycles. The summed E-state index contributed by atoms with van der Waals surface area (Å²) in [7, 11) is 4.08. The Morgan fingerprint density at radius 2 is 1.88 bits per heavy atom. The minimum absolute atomic E-state index is 0.0864. The van der Waals surface area contributed by atoms with E-state index < -0.39 is 11.0 Å². The molecule has 0 radical (unpaired) electrons. The smallest absolute Gasteiger partial charge is 0.250 e. The van der Waals surface area contributed by atoms with Crippen LogP contribution in [0.25, 0.3) is 6.08 Å². The van der Waals surface area contributed by atoms with Crippen LogP contribution in [0.4, 0.5) is 5.69 Å². The first-order valence-corrected chi connectivity index (χ1v) is 13.3. The highest BCUT2D eigenvalue weighted by atomic mass is 32.1. The normalized spacial score (nSPS) is 30.6. The average molecular weight is 490 g/mol. The second kappa shape index (κ2) is 7.71. The molecule has 7 heteroatoms. The summed E-state index contributed by atoms with van der Waals surface area (Å²) in [5, 5.41) is 7.26. The number of hydrogen-bond acceptors (Lipinski definition) is 6. The standard InChI is InChI=1S/C27H27N3O2S2/c1-17-8-9-22-20(12-17)27(25(32)28-22)26(21(15-30(27)3)23-7-5-11-34-23)16-29(2)14-18(24(26)31)13-19-6-4-10-33-19/h4-13,21H,14-16H2,1-3H3,(H,28,32)/b18-13+/t21-,26-,27-/m1/s1. The van der Waals surface area contributed by atoms with Crippen molar-refractivity contribution in [2.45, 2.75) is 18.4 Å². The van der Waals surface area contributed by atoms with Crippen molar-refractivity contribution in [1.82, 2.24) is 9.80 Å². The first kappa shape index (κ1) is 21.9. The Balaban J connectivity index is 1.65. The van der Waals surface area contributed by atoms with Gasteiger partial charge in [0.1, 0.15) is 5.54 Å². The number of nitrogens with zero attached hydrogens (tertiary/aromatic N) is 2. The van der Waals surface area contributed by atoms with Crippen molar-refractivity contribution in [2.75, 3.05) is 39.0 Å². The summed E-state index contributed by atoms with van der Waals surface area (Å²) in [4.78, 5) is 35.5. The summed E-state index contributed by atoms with van der Waals surface area (Å²) >= 11 is 3.31. The van der Waals surface area contributed by atoms with E-state index in [2.05, 4.69) is 39.7 Å². The third kappa shape index (κ3) is 2.78. The van der Waals surface area contributed by atoms with Gasteiger partial charge in [0.2, 0.25) is 0 Å². The zero-order chi connectivity index (χ0) is 23.7. The third-order valence-corrected chi connectivity index (χ3v) is 9.62. The fourth-order valence-corrected chi connectivity index (χ4v) is 8.20. The Labute approximate surface area is 207 Å². The summed E-state index contributed by atoms with van der Waals surface area (Å²) in [5.74, 6) is -0.0725. The van der Waals surface area contributed by atoms with Crippen LogP contribution < -0.4 is 5.32 Å². The van der Waals surface area contributed by atoms with Gasteiger partial charge in [0.25, 0.3) is 5.91 Å². The fourth-order valence-electron chi connectivity index (χ4n) is 6.61. The summed E-state index contributed by atoms with van der Waals surface area (Å²) in [6, 6.07) is 14.3. The maximum absolute atomic E-state index is 14.8. The number of thiophene rings is 2. The Hall–Kier alpha value is -2.58. The lowest BCUT2D eigenvalue weighted by molar-refractivity contribution is -0.146. The summed E-state index contributed by atoms with van der Waals surface area (Å²) in [5.41, 5.74) is 1.61. The lowest BCUT2D eigenvalue weighted by Gasteiger charge is -2.50. The Bertz CT molecular complexity index is 1310. The third-order valence-electron chi connectivity index (χ3n) is 7.81. The minimum Gasteiger partial charge on any atom is -0.324 e. The largest absolute Gasteiger partial charge is 0.324 e. The van der Waals surface area contributed by atoms with E-state index in [1.807, 2.05) is 55.8 Å². The van der Waals surface area contributed by atoms with Crippen LogP contribution in [0.15, 0.2) is 58.8 Å². The molecule has 0 unspecified atom stereocenters. The summed E-state index contributed by atoms with van der Waals surface area (Å²) in [6.07, 6.45) is 2.03. The number of anilines is 1. The zero-order valence-electron chi connectivity index (χ0n) is 19.5. The van der Waals surface area contributed by atoms with Crippen LogP contribution in [0.1, 0.15) is 26.8 Å². The fraction of sp³-hybridized carbons (Fsp3) is 0.333. The summed E-state index contributed by atoms with van der Waals surface area (Å²) in [6.45, 7) is 3.80. The lowest BCUT2D eigenvalue weighted by Crippen LogP contribution is -2.65. The molecule has 2 spiro atoms. The molecular formula is C27H27N3O2S2. The number of carbonyl (C=O) groups excluding carboxylic acids is 2. The van der Waals surface area contributed by atoms with Crippen LogP contribution in [0.2, 0.25) is 0 Å². The van der Waals surface area contributed by atoms with Gasteiger partial charge < -0.3 is 10.2 Å². The number of likely N-dealkylation sites (tertiary alicyclic amines) is 2. The number of rotatable bonds is 2. The zero-order valence-corrected chi connectivity index (χ0v) is 21.1. The number of hydrogen-bond donors (Lipinski definition) is 1. The maximum Gasteiger partial charge on any atom is 0.250 e. The van der Waals surface area contributed by atoms with Crippen molar-refractivity contribution in [2.24, 2.45) is 5.41 Å². The quantitative estimate of drug-likeness (QED) is 0.536. The van der Waals surface area contributed by atoms with Gasteiger partial charge in [0, 0.05) is 52.1 Å². The van der Waals surface area contributed by atoms with Crippen LogP contribution in [-0.2, 0) is 15.1 Å². The van der Waals surface area contributed by atoms with Gasteiger partial charge in [-0.2, -0.15) is 0 Å². The van der Waals surface area contributed by atoms with Crippen molar-refractivity contribution in [3.63, 3.8) is 0 Å². The van der Waals surface area contributed by atoms with E-state index in [4.69, 9.17) is 0 Å². The Morgan fingerprint density at radius 3 is 2.62 bits per heavy atom. The molecule has 6 rings (SSSR count). The number of benzene rings is 1. The molecule has 0 bridgehead atoms. The van der Waals surface area contributed by atoms with Gasteiger partial charge in [-0.25, -0.2) is 0 Å². The van der Waals surface area contributed by atoms with Gasteiger partial charge in [-0.15, -0.1) is 22.7 Å². The number of nitrogens with one attached hydrogen (secondary N) is 1. The van der Waals surface area contributed by atoms with Crippen molar-refractivity contribution >= 4 is 46.1 Å². The average Bonchev–Trinajstić information content (AvgIpc) is 3.58. The van der Waals surface area contributed by atoms with E-state index in [0.717, 1.165) is 32.1 Å². The molecule has 3 aliphatic rings. The Kier molecular flexibility index (Phi) is 4.97. The van der Waals surface area contributed by atoms with Crippen molar-refractivity contribution in [3.05, 3.63) is 79.7 Å². The molecule has 2 aromatic heterocycles. The number of fused-ring (bicyclic) bond motifs is 3. The van der Waals surface area contributed by atoms with Gasteiger partial charge >= 0.3 is 0 Å². The highest BCUT2D eigenvalue weighted by molar-refractivity contribution is 7.11. The predicted octanol–water partition coefficient (Wildman–Crippen LogP) is 4.58. The summed E-state index contributed by atoms with van der Waals surface area (Å²) < 4.78 is 0. The molecule has 3 aliphatic heterocycles. The molecule has 5 nitrogen and oxygen atoms in total. The number of piperidine rings is 1. The van der Waals surface area contributed by atoms with Crippen LogP contribution >= 0.6 is 22.7 Å². The van der Waals surface area contributed by atoms with Gasteiger partial charge in [-0.1, -0.05) is 29.8 Å². The highest BCUT2D eigenvalue weighted by Crippen LogP contribution is 2.64. The SMILES string of the molecule is Cc1ccc2c(c1)[C@]1(C(=O)N2)N(C)C[C@H](c2cccs2)[C@@]12CN(C)C/C(=C\c1cccs1)C2=O. The molecule has 5 heterocycles. The van der Waals surface area contributed by atoms with Gasteiger partial charge in [-0.05, 0) is 56.1 Å². The molecule has 1 aromatic carbocycles. The number of likely N-dealkylation sites (N-methyl/N-ethyl adjacent to an activating group) is 2. The Morgan fingerprint density at radius 1 is 1.09 bits per heavy atom. The number of aryl methyl sites for hydroxylation is 1. The molecule has 3 atom stereocenters. The minimum atomic E-state index is -1.07. The molecule has 174 valence electrons. The predicted molar refractivity (Wildman–Crippen MR) is 138 cm³/mol. The first-order valence-electron chi connectivity index (χ1n) is 11.5. The number of carbonyl (C=O) groups is 2. The topological polar surface area (TPSA) is 52.7 Å². The molecule has 1 amide bonds. The molecule has 3 aromatic rings. The van der Waals surface area contributed by atoms with Gasteiger partial charge in [-0.3, -0.25) is 14.5 Å². The van der Waals surface area contributed by atoms with Crippen molar-refractivity contribution in [3.8, 4) is 0 Å². The molecule has 0 saturated carbocycles. The number of Topliss-reactive ketones (excluding diaryl/α,β-unsaturated/α-hetero) is 1. The number of ketones is 1. The second-order valence-electron chi connectivity index (χ2n) is 9.82. The van der Waals surface area contributed by atoms with Crippen LogP contribution in [-0.4, -0.2) is 55.2 Å². The van der Waals surface area contributed by atoms with Crippen molar-refractivity contribution in [1.29, 1.82) is 0 Å². The maximum atomic E-state index is 14.8. The van der Waals surface area contributed by atoms with Gasteiger partial charge in [0.15, 0.2) is 5.78 Å². The lowest BCUT2D eigenvalue weighted by atomic mass is 9.57. The highest BCUT2D eigenvalue weighted by Gasteiger charge is 2.74. The second-order valence-corrected chi connectivity index (χ2v) is 11.8. The van der Waals surface area contributed by atoms with E-state index in [-0.39, 0.29) is 17.6 Å². The monoisotopic (exact) mass is 489 g/mol.